The van der Waals surface area contributed by atoms with Crippen molar-refractivity contribution in [1.82, 2.24) is 14.9 Å². The first kappa shape index (κ1) is 23.9. The number of methoxy groups -OCH3 is 1. The molecule has 174 valence electrons. The molecule has 1 N–H and O–H groups in total. The van der Waals surface area contributed by atoms with Crippen LogP contribution in [0.5, 0.6) is 5.75 Å². The third-order valence-electron chi connectivity index (χ3n) is 5.25. The summed E-state index contributed by atoms with van der Waals surface area (Å²) in [6.45, 7) is 2.58. The SMILES string of the molecule is CCCNC(=O)c1ccc2c(=O)n(-c3ccc(OC)cc3)c(SCc3ccc(Cl)cc3)nc2c1. The molecule has 0 radical (unpaired) electrons. The minimum atomic E-state index is -0.200. The molecule has 0 aliphatic heterocycles. The molecule has 0 saturated carbocycles. The highest BCUT2D eigenvalue weighted by Crippen LogP contribution is 2.26. The summed E-state index contributed by atoms with van der Waals surface area (Å²) in [7, 11) is 1.60. The van der Waals surface area contributed by atoms with Gasteiger partial charge in [-0.1, -0.05) is 42.4 Å². The van der Waals surface area contributed by atoms with E-state index >= 15 is 0 Å². The first-order valence-corrected chi connectivity index (χ1v) is 12.2. The van der Waals surface area contributed by atoms with E-state index in [4.69, 9.17) is 21.3 Å². The Bertz CT molecular complexity index is 1370. The van der Waals surface area contributed by atoms with Crippen LogP contribution in [0, 0.1) is 0 Å². The molecule has 3 aromatic carbocycles. The third kappa shape index (κ3) is 5.26. The zero-order valence-corrected chi connectivity index (χ0v) is 20.4. The highest BCUT2D eigenvalue weighted by atomic mass is 35.5. The van der Waals surface area contributed by atoms with Gasteiger partial charge in [0.05, 0.1) is 23.7 Å². The molecule has 1 aromatic heterocycles. The molecule has 0 atom stereocenters. The average molecular weight is 494 g/mol. The Hall–Kier alpha value is -3.29. The van der Waals surface area contributed by atoms with Crippen molar-refractivity contribution >= 4 is 40.2 Å². The van der Waals surface area contributed by atoms with Gasteiger partial charge in [-0.15, -0.1) is 0 Å². The Morgan fingerprint density at radius 2 is 1.82 bits per heavy atom. The first-order chi connectivity index (χ1) is 16.5. The summed E-state index contributed by atoms with van der Waals surface area (Å²) >= 11 is 7.45. The van der Waals surface area contributed by atoms with Crippen LogP contribution in [0.2, 0.25) is 5.02 Å². The highest BCUT2D eigenvalue weighted by molar-refractivity contribution is 7.98. The van der Waals surface area contributed by atoms with Crippen LogP contribution in [0.3, 0.4) is 0 Å². The molecule has 0 unspecified atom stereocenters. The van der Waals surface area contributed by atoms with Crippen LogP contribution in [0.25, 0.3) is 16.6 Å². The highest BCUT2D eigenvalue weighted by Gasteiger charge is 2.16. The number of halogens is 1. The van der Waals surface area contributed by atoms with Crippen molar-refractivity contribution in [3.63, 3.8) is 0 Å². The number of rotatable bonds is 8. The quantitative estimate of drug-likeness (QED) is 0.260. The second kappa shape index (κ2) is 10.8. The van der Waals surface area contributed by atoms with Crippen molar-refractivity contribution in [3.05, 3.63) is 93.2 Å². The van der Waals surface area contributed by atoms with E-state index in [1.807, 2.05) is 43.3 Å². The summed E-state index contributed by atoms with van der Waals surface area (Å²) in [6.07, 6.45) is 0.843. The Labute approximate surface area is 206 Å². The van der Waals surface area contributed by atoms with Crippen LogP contribution < -0.4 is 15.6 Å². The molecule has 1 amide bonds. The maximum atomic E-state index is 13.6. The lowest BCUT2D eigenvalue weighted by molar-refractivity contribution is 0.0954. The fourth-order valence-electron chi connectivity index (χ4n) is 3.43. The summed E-state index contributed by atoms with van der Waals surface area (Å²) in [6, 6.07) is 19.8. The van der Waals surface area contributed by atoms with Crippen LogP contribution in [0.15, 0.2) is 76.7 Å². The minimum absolute atomic E-state index is 0.180. The van der Waals surface area contributed by atoms with Gasteiger partial charge in [0.15, 0.2) is 5.16 Å². The number of aromatic nitrogens is 2. The second-order valence-corrected chi connectivity index (χ2v) is 9.01. The molecule has 0 aliphatic carbocycles. The largest absolute Gasteiger partial charge is 0.497 e. The number of hydrogen-bond donors (Lipinski definition) is 1. The number of benzene rings is 3. The van der Waals surface area contributed by atoms with Gasteiger partial charge in [0, 0.05) is 22.9 Å². The van der Waals surface area contributed by atoms with Crippen LogP contribution in [-0.2, 0) is 5.75 Å². The van der Waals surface area contributed by atoms with Gasteiger partial charge in [-0.05, 0) is 66.6 Å². The normalized spacial score (nSPS) is 10.9. The number of amides is 1. The lowest BCUT2D eigenvalue weighted by atomic mass is 10.1. The molecule has 0 spiro atoms. The monoisotopic (exact) mass is 493 g/mol. The van der Waals surface area contributed by atoms with E-state index in [1.165, 1.54) is 11.8 Å². The second-order valence-electron chi connectivity index (χ2n) is 7.64. The maximum absolute atomic E-state index is 13.6. The molecule has 8 heteroatoms. The first-order valence-electron chi connectivity index (χ1n) is 10.9. The number of carbonyl (C=O) groups excluding carboxylic acids is 1. The van der Waals surface area contributed by atoms with E-state index in [2.05, 4.69) is 5.32 Å². The number of ether oxygens (including phenoxy) is 1. The molecule has 6 nitrogen and oxygen atoms in total. The Morgan fingerprint density at radius 1 is 1.09 bits per heavy atom. The van der Waals surface area contributed by atoms with Crippen molar-refractivity contribution in [1.29, 1.82) is 0 Å². The van der Waals surface area contributed by atoms with Crippen LogP contribution in [0.1, 0.15) is 29.3 Å². The summed E-state index contributed by atoms with van der Waals surface area (Å²) in [5.41, 5.74) is 2.50. The third-order valence-corrected chi connectivity index (χ3v) is 6.51. The molecular formula is C26H24ClN3O3S. The van der Waals surface area contributed by atoms with Crippen molar-refractivity contribution in [2.24, 2.45) is 0 Å². The molecule has 0 fully saturated rings. The molecule has 4 aromatic rings. The lowest BCUT2D eigenvalue weighted by Gasteiger charge is -2.14. The minimum Gasteiger partial charge on any atom is -0.497 e. The van der Waals surface area contributed by atoms with Crippen molar-refractivity contribution in [2.75, 3.05) is 13.7 Å². The van der Waals surface area contributed by atoms with Crippen molar-refractivity contribution < 1.29 is 9.53 Å². The summed E-state index contributed by atoms with van der Waals surface area (Å²) in [4.78, 5) is 30.8. The number of nitrogens with zero attached hydrogens (tertiary/aromatic N) is 2. The Kier molecular flexibility index (Phi) is 7.55. The molecule has 4 rings (SSSR count). The lowest BCUT2D eigenvalue weighted by Crippen LogP contribution is -2.25. The topological polar surface area (TPSA) is 73.2 Å². The Morgan fingerprint density at radius 3 is 2.50 bits per heavy atom. The summed E-state index contributed by atoms with van der Waals surface area (Å²) < 4.78 is 6.85. The average Bonchev–Trinajstić information content (AvgIpc) is 2.87. The molecular weight excluding hydrogens is 470 g/mol. The standard InChI is InChI=1S/C26H24ClN3O3S/c1-3-14-28-24(31)18-6-13-22-23(15-18)29-26(34-16-17-4-7-19(27)8-5-17)30(25(22)32)20-9-11-21(33-2)12-10-20/h4-13,15H,3,14,16H2,1-2H3,(H,28,31). The van der Waals surface area contributed by atoms with Gasteiger partial charge >= 0.3 is 0 Å². The van der Waals surface area contributed by atoms with Crippen molar-refractivity contribution in [2.45, 2.75) is 24.3 Å². The molecule has 0 aliphatic rings. The number of fused-ring (bicyclic) bond motifs is 1. The van der Waals surface area contributed by atoms with Crippen molar-refractivity contribution in [3.8, 4) is 11.4 Å². The zero-order chi connectivity index (χ0) is 24.1. The molecule has 0 saturated heterocycles. The maximum Gasteiger partial charge on any atom is 0.266 e. The fourth-order valence-corrected chi connectivity index (χ4v) is 4.53. The van der Waals surface area contributed by atoms with Gasteiger partial charge in [0.1, 0.15) is 5.75 Å². The van der Waals surface area contributed by atoms with E-state index in [-0.39, 0.29) is 11.5 Å². The molecule has 0 bridgehead atoms. The van der Waals surface area contributed by atoms with E-state index in [0.717, 1.165) is 12.0 Å². The van der Waals surface area contributed by atoms with E-state index < -0.39 is 0 Å². The van der Waals surface area contributed by atoms with Gasteiger partial charge in [-0.2, -0.15) is 0 Å². The van der Waals surface area contributed by atoms with E-state index in [9.17, 15) is 9.59 Å². The van der Waals surface area contributed by atoms with Gasteiger partial charge in [0.25, 0.3) is 11.5 Å². The summed E-state index contributed by atoms with van der Waals surface area (Å²) in [5.74, 6) is 1.12. The zero-order valence-electron chi connectivity index (χ0n) is 18.9. The fraction of sp³-hybridized carbons (Fsp3) is 0.192. The van der Waals surface area contributed by atoms with Gasteiger partial charge in [0.2, 0.25) is 0 Å². The van der Waals surface area contributed by atoms with E-state index in [1.54, 1.807) is 42.0 Å². The molecule has 1 heterocycles. The number of nitrogens with one attached hydrogen (secondary N) is 1. The summed E-state index contributed by atoms with van der Waals surface area (Å²) in [5, 5.41) is 4.51. The van der Waals surface area contributed by atoms with Crippen LogP contribution >= 0.6 is 23.4 Å². The van der Waals surface area contributed by atoms with Crippen LogP contribution in [0.4, 0.5) is 0 Å². The number of hydrogen-bond acceptors (Lipinski definition) is 5. The van der Waals surface area contributed by atoms with Gasteiger partial charge < -0.3 is 10.1 Å². The predicted octanol–water partition coefficient (Wildman–Crippen LogP) is 5.48. The number of carbonyl (C=O) groups is 1. The van der Waals surface area contributed by atoms with E-state index in [0.29, 0.717) is 50.4 Å². The van der Waals surface area contributed by atoms with Gasteiger partial charge in [-0.3, -0.25) is 14.2 Å². The molecule has 34 heavy (non-hydrogen) atoms. The van der Waals surface area contributed by atoms with Gasteiger partial charge in [-0.25, -0.2) is 4.98 Å². The predicted molar refractivity (Wildman–Crippen MR) is 138 cm³/mol. The number of thioether (sulfide) groups is 1. The smallest absolute Gasteiger partial charge is 0.266 e. The Balaban J connectivity index is 1.80. The van der Waals surface area contributed by atoms with Crippen LogP contribution in [-0.4, -0.2) is 29.1 Å².